The number of hydrogen-bond donors (Lipinski definition) is 1. The molecule has 0 radical (unpaired) electrons. The van der Waals surface area contributed by atoms with Crippen molar-refractivity contribution in [2.75, 3.05) is 0 Å². The predicted octanol–water partition coefficient (Wildman–Crippen LogP) is 0.919. The zero-order chi connectivity index (χ0) is 13.7. The van der Waals surface area contributed by atoms with Crippen molar-refractivity contribution in [3.05, 3.63) is 71.8 Å². The average molecular weight is 254 g/mol. The van der Waals surface area contributed by atoms with Gasteiger partial charge < -0.3 is 15.6 Å². The van der Waals surface area contributed by atoms with Crippen LogP contribution in [0.15, 0.2) is 60.7 Å². The van der Waals surface area contributed by atoms with Crippen molar-refractivity contribution in [3.63, 3.8) is 0 Å². The van der Waals surface area contributed by atoms with E-state index in [0.29, 0.717) is 0 Å². The summed E-state index contributed by atoms with van der Waals surface area (Å²) in [5, 5.41) is 11.4. The van der Waals surface area contributed by atoms with E-state index in [4.69, 9.17) is 5.73 Å². The maximum atomic E-state index is 11.4. The summed E-state index contributed by atoms with van der Waals surface area (Å²) in [5.41, 5.74) is 6.44. The minimum Gasteiger partial charge on any atom is -0.548 e. The highest BCUT2D eigenvalue weighted by Gasteiger charge is 2.27. The standard InChI is InChI=1S/C16H17NO2/c17-16(15(18)19,11-13-7-3-1-4-8-13)12-14-9-5-2-6-10-14/h1-10H,11-12,17H2,(H,18,19)/p-1. The number of carbonyl (C=O) groups excluding carboxylic acids is 1. The summed E-state index contributed by atoms with van der Waals surface area (Å²) >= 11 is 0. The van der Waals surface area contributed by atoms with Gasteiger partial charge in [0.25, 0.3) is 0 Å². The van der Waals surface area contributed by atoms with Gasteiger partial charge in [0, 0.05) is 0 Å². The lowest BCUT2D eigenvalue weighted by Gasteiger charge is -2.31. The van der Waals surface area contributed by atoms with Gasteiger partial charge in [-0.1, -0.05) is 60.7 Å². The largest absolute Gasteiger partial charge is 0.548 e. The molecule has 98 valence electrons. The van der Waals surface area contributed by atoms with Crippen LogP contribution in [0.25, 0.3) is 0 Å². The second-order valence-electron chi connectivity index (χ2n) is 4.77. The molecule has 3 nitrogen and oxygen atoms in total. The monoisotopic (exact) mass is 254 g/mol. The number of carboxylic acids is 1. The second-order valence-corrected chi connectivity index (χ2v) is 4.77. The fourth-order valence-electron chi connectivity index (χ4n) is 2.13. The Bertz CT molecular complexity index is 496. The van der Waals surface area contributed by atoms with E-state index in [2.05, 4.69) is 0 Å². The van der Waals surface area contributed by atoms with Crippen LogP contribution in [0.2, 0.25) is 0 Å². The fourth-order valence-corrected chi connectivity index (χ4v) is 2.13. The van der Waals surface area contributed by atoms with Crippen LogP contribution in [0.3, 0.4) is 0 Å². The Kier molecular flexibility index (Phi) is 3.97. The Morgan fingerprint density at radius 2 is 1.26 bits per heavy atom. The average Bonchev–Trinajstić information content (AvgIpc) is 2.40. The van der Waals surface area contributed by atoms with E-state index in [0.717, 1.165) is 11.1 Å². The Hall–Kier alpha value is -2.13. The first-order chi connectivity index (χ1) is 9.10. The van der Waals surface area contributed by atoms with Crippen LogP contribution in [-0.2, 0) is 17.6 Å². The van der Waals surface area contributed by atoms with Crippen LogP contribution in [0, 0.1) is 0 Å². The number of benzene rings is 2. The second kappa shape index (κ2) is 5.67. The van der Waals surface area contributed by atoms with Gasteiger partial charge in [-0.2, -0.15) is 0 Å². The first-order valence-corrected chi connectivity index (χ1v) is 6.18. The smallest absolute Gasteiger partial charge is 0.0638 e. The van der Waals surface area contributed by atoms with Crippen molar-refractivity contribution in [2.24, 2.45) is 5.73 Å². The number of rotatable bonds is 5. The lowest BCUT2D eigenvalue weighted by molar-refractivity contribution is -0.313. The normalized spacial score (nSPS) is 11.2. The van der Waals surface area contributed by atoms with E-state index >= 15 is 0 Å². The zero-order valence-electron chi connectivity index (χ0n) is 10.6. The highest BCUT2D eigenvalue weighted by Crippen LogP contribution is 2.16. The SMILES string of the molecule is NC(Cc1ccccc1)(Cc1ccccc1)C(=O)[O-]. The Labute approximate surface area is 112 Å². The fraction of sp³-hybridized carbons (Fsp3) is 0.188. The van der Waals surface area contributed by atoms with Gasteiger partial charge >= 0.3 is 0 Å². The summed E-state index contributed by atoms with van der Waals surface area (Å²) < 4.78 is 0. The molecule has 2 N–H and O–H groups in total. The minimum absolute atomic E-state index is 0.255. The topological polar surface area (TPSA) is 66.2 Å². The molecule has 0 spiro atoms. The van der Waals surface area contributed by atoms with E-state index in [1.807, 2.05) is 60.7 Å². The molecular weight excluding hydrogens is 238 g/mol. The van der Waals surface area contributed by atoms with Crippen LogP contribution >= 0.6 is 0 Å². The van der Waals surface area contributed by atoms with Gasteiger partial charge in [0.1, 0.15) is 0 Å². The molecule has 2 rings (SSSR count). The van der Waals surface area contributed by atoms with Crippen molar-refractivity contribution in [1.29, 1.82) is 0 Å². The summed E-state index contributed by atoms with van der Waals surface area (Å²) in [4.78, 5) is 11.4. The lowest BCUT2D eigenvalue weighted by atomic mass is 9.86. The summed E-state index contributed by atoms with van der Waals surface area (Å²) in [5.74, 6) is -1.22. The number of hydrogen-bond acceptors (Lipinski definition) is 3. The van der Waals surface area contributed by atoms with Crippen molar-refractivity contribution in [1.82, 2.24) is 0 Å². The van der Waals surface area contributed by atoms with E-state index in [-0.39, 0.29) is 12.8 Å². The molecule has 0 unspecified atom stereocenters. The number of nitrogens with two attached hydrogens (primary N) is 1. The maximum Gasteiger partial charge on any atom is 0.0638 e. The molecule has 0 amide bonds. The van der Waals surface area contributed by atoms with E-state index in [9.17, 15) is 9.90 Å². The quantitative estimate of drug-likeness (QED) is 0.862. The van der Waals surface area contributed by atoms with Gasteiger partial charge in [-0.05, 0) is 24.0 Å². The van der Waals surface area contributed by atoms with Crippen molar-refractivity contribution in [3.8, 4) is 0 Å². The first-order valence-electron chi connectivity index (χ1n) is 6.18. The van der Waals surface area contributed by atoms with E-state index in [1.54, 1.807) is 0 Å². The molecule has 0 atom stereocenters. The van der Waals surface area contributed by atoms with Crippen molar-refractivity contribution >= 4 is 5.97 Å². The summed E-state index contributed by atoms with van der Waals surface area (Å²) in [7, 11) is 0. The molecule has 3 heteroatoms. The molecule has 19 heavy (non-hydrogen) atoms. The van der Waals surface area contributed by atoms with Crippen LogP contribution in [0.4, 0.5) is 0 Å². The predicted molar refractivity (Wildman–Crippen MR) is 72.2 cm³/mol. The van der Waals surface area contributed by atoms with Gasteiger partial charge in [0.05, 0.1) is 11.5 Å². The molecular formula is C16H16NO2-. The van der Waals surface area contributed by atoms with E-state index in [1.165, 1.54) is 0 Å². The highest BCUT2D eigenvalue weighted by atomic mass is 16.4. The number of carboxylic acid groups (broad SMARTS) is 1. The van der Waals surface area contributed by atoms with Crippen molar-refractivity contribution in [2.45, 2.75) is 18.4 Å². The number of aliphatic carboxylic acids is 1. The third kappa shape index (κ3) is 3.42. The van der Waals surface area contributed by atoms with Crippen molar-refractivity contribution < 1.29 is 9.90 Å². The molecule has 0 fully saturated rings. The Morgan fingerprint density at radius 1 is 0.895 bits per heavy atom. The summed E-state index contributed by atoms with van der Waals surface area (Å²) in [6.07, 6.45) is 0.510. The van der Waals surface area contributed by atoms with Crippen LogP contribution in [-0.4, -0.2) is 11.5 Å². The first kappa shape index (κ1) is 13.3. The molecule has 0 aliphatic carbocycles. The van der Waals surface area contributed by atoms with Gasteiger partial charge in [0.15, 0.2) is 0 Å². The molecule has 0 aliphatic heterocycles. The zero-order valence-corrected chi connectivity index (χ0v) is 10.6. The Balaban J connectivity index is 2.21. The van der Waals surface area contributed by atoms with E-state index < -0.39 is 11.5 Å². The lowest BCUT2D eigenvalue weighted by Crippen LogP contribution is -2.58. The molecule has 0 aromatic heterocycles. The van der Waals surface area contributed by atoms with Gasteiger partial charge in [0.2, 0.25) is 0 Å². The summed E-state index contributed by atoms with van der Waals surface area (Å²) in [6.45, 7) is 0. The summed E-state index contributed by atoms with van der Waals surface area (Å²) in [6, 6.07) is 18.7. The molecule has 0 aliphatic rings. The third-order valence-corrected chi connectivity index (χ3v) is 3.13. The molecule has 0 saturated carbocycles. The van der Waals surface area contributed by atoms with Crippen LogP contribution < -0.4 is 10.8 Å². The molecule has 0 bridgehead atoms. The minimum atomic E-state index is -1.39. The molecule has 2 aromatic rings. The maximum absolute atomic E-state index is 11.4. The van der Waals surface area contributed by atoms with Gasteiger partial charge in [-0.3, -0.25) is 0 Å². The molecule has 2 aromatic carbocycles. The number of carbonyl (C=O) groups is 1. The Morgan fingerprint density at radius 3 is 1.58 bits per heavy atom. The van der Waals surface area contributed by atoms with Gasteiger partial charge in [-0.25, -0.2) is 0 Å². The van der Waals surface area contributed by atoms with Crippen LogP contribution in [0.5, 0.6) is 0 Å². The highest BCUT2D eigenvalue weighted by molar-refractivity contribution is 5.77. The molecule has 0 heterocycles. The van der Waals surface area contributed by atoms with Gasteiger partial charge in [-0.15, -0.1) is 0 Å². The van der Waals surface area contributed by atoms with Crippen LogP contribution in [0.1, 0.15) is 11.1 Å². The third-order valence-electron chi connectivity index (χ3n) is 3.13. The molecule has 0 saturated heterocycles.